The van der Waals surface area contributed by atoms with Crippen molar-refractivity contribution in [2.45, 2.75) is 72.1 Å². The average molecular weight is 232 g/mol. The molecule has 100 valence electrons. The molecule has 2 N–H and O–H groups in total. The molecule has 2 heteroatoms. The summed E-state index contributed by atoms with van der Waals surface area (Å²) >= 11 is 0. The van der Waals surface area contributed by atoms with Crippen molar-refractivity contribution in [3.05, 3.63) is 0 Å². The summed E-state index contributed by atoms with van der Waals surface area (Å²) in [4.78, 5) is 0. The van der Waals surface area contributed by atoms with Crippen molar-refractivity contribution >= 4 is 0 Å². The van der Waals surface area contributed by atoms with Gasteiger partial charge in [-0.2, -0.15) is 0 Å². The van der Waals surface area contributed by atoms with Gasteiger partial charge in [-0.3, -0.25) is 0 Å². The molecule has 0 aliphatic heterocycles. The maximum atomic E-state index is 8.75. The van der Waals surface area contributed by atoms with Crippen LogP contribution in [0.1, 0.15) is 72.1 Å². The molecule has 0 aliphatic rings. The van der Waals surface area contributed by atoms with Crippen LogP contribution in [0.5, 0.6) is 0 Å². The summed E-state index contributed by atoms with van der Waals surface area (Å²) in [5.74, 6) is 0.560. The number of unbranched alkanes of at least 4 members (excludes halogenated alkanes) is 4. The quantitative estimate of drug-likeness (QED) is 0.594. The van der Waals surface area contributed by atoms with E-state index in [0.717, 1.165) is 12.8 Å². The summed E-state index contributed by atoms with van der Waals surface area (Å²) in [6.07, 6.45) is 9.51. The molecular formula is C14H32O2. The van der Waals surface area contributed by atoms with Crippen molar-refractivity contribution in [2.24, 2.45) is 5.92 Å². The zero-order valence-corrected chi connectivity index (χ0v) is 11.5. The number of aliphatic hydroxyl groups is 2. The maximum absolute atomic E-state index is 8.75. The van der Waals surface area contributed by atoms with Crippen molar-refractivity contribution in [1.82, 2.24) is 0 Å². The molecule has 0 saturated heterocycles. The summed E-state index contributed by atoms with van der Waals surface area (Å²) < 4.78 is 0. The highest BCUT2D eigenvalue weighted by Gasteiger charge is 2.01. The molecule has 16 heavy (non-hydrogen) atoms. The number of hydrogen-bond acceptors (Lipinski definition) is 2. The van der Waals surface area contributed by atoms with E-state index < -0.39 is 0 Å². The van der Waals surface area contributed by atoms with Crippen molar-refractivity contribution in [1.29, 1.82) is 0 Å². The van der Waals surface area contributed by atoms with Crippen LogP contribution in [0.25, 0.3) is 0 Å². The second kappa shape index (κ2) is 17.3. The van der Waals surface area contributed by atoms with Crippen molar-refractivity contribution in [2.75, 3.05) is 13.2 Å². The van der Waals surface area contributed by atoms with Gasteiger partial charge < -0.3 is 10.2 Å². The lowest BCUT2D eigenvalue weighted by molar-refractivity contribution is 0.212. The molecule has 0 rings (SSSR count). The molecule has 0 aliphatic carbocycles. The van der Waals surface area contributed by atoms with E-state index in [0.29, 0.717) is 19.1 Å². The molecule has 1 unspecified atom stereocenters. The molecule has 2 nitrogen and oxygen atoms in total. The van der Waals surface area contributed by atoms with E-state index in [4.69, 9.17) is 10.2 Å². The third-order valence-corrected chi connectivity index (χ3v) is 2.81. The third-order valence-electron chi connectivity index (χ3n) is 2.81. The van der Waals surface area contributed by atoms with Gasteiger partial charge in [-0.15, -0.1) is 0 Å². The molecule has 0 fully saturated rings. The van der Waals surface area contributed by atoms with Gasteiger partial charge in [0.05, 0.1) is 0 Å². The monoisotopic (exact) mass is 232 g/mol. The number of aliphatic hydroxyl groups excluding tert-OH is 2. The number of rotatable bonds is 9. The fraction of sp³-hybridized carbons (Fsp3) is 1.00. The minimum absolute atomic E-state index is 0.361. The lowest BCUT2D eigenvalue weighted by Gasteiger charge is -2.08. The molecule has 0 aromatic heterocycles. The van der Waals surface area contributed by atoms with Crippen molar-refractivity contribution < 1.29 is 10.2 Å². The Morgan fingerprint density at radius 2 is 1.44 bits per heavy atom. The largest absolute Gasteiger partial charge is 0.396 e. The maximum Gasteiger partial charge on any atom is 0.0459 e. The first-order chi connectivity index (χ1) is 7.76. The van der Waals surface area contributed by atoms with Gasteiger partial charge in [0.25, 0.3) is 0 Å². The predicted octanol–water partition coefficient (Wildman–Crippen LogP) is 3.75. The van der Waals surface area contributed by atoms with Gasteiger partial charge in [-0.05, 0) is 18.8 Å². The van der Waals surface area contributed by atoms with E-state index in [9.17, 15) is 0 Å². The van der Waals surface area contributed by atoms with E-state index in [1.807, 2.05) is 0 Å². The smallest absolute Gasteiger partial charge is 0.0459 e. The first kappa shape index (κ1) is 18.3. The lowest BCUT2D eigenvalue weighted by Crippen LogP contribution is -2.03. The Kier molecular flexibility index (Phi) is 19.8. The van der Waals surface area contributed by atoms with Gasteiger partial charge in [0.15, 0.2) is 0 Å². The molecule has 0 bridgehead atoms. The molecular weight excluding hydrogens is 200 g/mol. The average Bonchev–Trinajstić information content (AvgIpc) is 2.32. The van der Waals surface area contributed by atoms with Crippen LogP contribution in [0.4, 0.5) is 0 Å². The summed E-state index contributed by atoms with van der Waals surface area (Å²) in [5, 5.41) is 17.0. The second-order valence-electron chi connectivity index (χ2n) is 4.38. The Morgan fingerprint density at radius 3 is 1.81 bits per heavy atom. The van der Waals surface area contributed by atoms with Crippen LogP contribution in [-0.4, -0.2) is 23.4 Å². The Labute approximate surface area is 102 Å². The standard InChI is InChI=1S/C8H18O.C6H14O/c1-3-5-6-8(4-2)7-9;1-2-3-4-5-6-7/h8-9H,3-7H2,1-2H3;7H,2-6H2,1H3. The van der Waals surface area contributed by atoms with Crippen LogP contribution < -0.4 is 0 Å². The minimum Gasteiger partial charge on any atom is -0.396 e. The van der Waals surface area contributed by atoms with Crippen LogP contribution in [0.3, 0.4) is 0 Å². The first-order valence-electron chi connectivity index (χ1n) is 6.98. The van der Waals surface area contributed by atoms with Gasteiger partial charge in [0, 0.05) is 13.2 Å². The van der Waals surface area contributed by atoms with Crippen molar-refractivity contribution in [3.63, 3.8) is 0 Å². The van der Waals surface area contributed by atoms with Gasteiger partial charge in [-0.1, -0.05) is 59.3 Å². The Balaban J connectivity index is 0. The van der Waals surface area contributed by atoms with E-state index in [1.54, 1.807) is 0 Å². The Morgan fingerprint density at radius 1 is 0.812 bits per heavy atom. The second-order valence-corrected chi connectivity index (χ2v) is 4.38. The SMILES string of the molecule is CCCCC(CC)CO.CCCCCCO. The molecule has 0 heterocycles. The van der Waals surface area contributed by atoms with Crippen LogP contribution >= 0.6 is 0 Å². The summed E-state index contributed by atoms with van der Waals surface area (Å²) in [6.45, 7) is 7.22. The lowest BCUT2D eigenvalue weighted by atomic mass is 10.0. The Bertz CT molecular complexity index is 96.9. The van der Waals surface area contributed by atoms with Crippen LogP contribution in [-0.2, 0) is 0 Å². The summed E-state index contributed by atoms with van der Waals surface area (Å²) in [6, 6.07) is 0. The van der Waals surface area contributed by atoms with Gasteiger partial charge in [0.1, 0.15) is 0 Å². The fourth-order valence-electron chi connectivity index (χ4n) is 1.46. The predicted molar refractivity (Wildman–Crippen MR) is 71.6 cm³/mol. The van der Waals surface area contributed by atoms with Crippen LogP contribution in [0.2, 0.25) is 0 Å². The molecule has 0 aromatic carbocycles. The van der Waals surface area contributed by atoms with E-state index in [2.05, 4.69) is 20.8 Å². The van der Waals surface area contributed by atoms with E-state index in [1.165, 1.54) is 38.5 Å². The zero-order chi connectivity index (χ0) is 12.6. The van der Waals surface area contributed by atoms with Gasteiger partial charge >= 0.3 is 0 Å². The minimum atomic E-state index is 0.361. The molecule has 0 spiro atoms. The van der Waals surface area contributed by atoms with Crippen LogP contribution in [0.15, 0.2) is 0 Å². The fourth-order valence-corrected chi connectivity index (χ4v) is 1.46. The Hall–Kier alpha value is -0.0800. The molecule has 0 aromatic rings. The topological polar surface area (TPSA) is 40.5 Å². The molecule has 0 radical (unpaired) electrons. The molecule has 1 atom stereocenters. The normalized spacial score (nSPS) is 11.8. The highest BCUT2D eigenvalue weighted by atomic mass is 16.3. The van der Waals surface area contributed by atoms with Crippen molar-refractivity contribution in [3.8, 4) is 0 Å². The zero-order valence-electron chi connectivity index (χ0n) is 11.5. The first-order valence-corrected chi connectivity index (χ1v) is 6.98. The van der Waals surface area contributed by atoms with E-state index in [-0.39, 0.29) is 0 Å². The molecule has 0 amide bonds. The van der Waals surface area contributed by atoms with E-state index >= 15 is 0 Å². The highest BCUT2D eigenvalue weighted by Crippen LogP contribution is 2.10. The number of hydrogen-bond donors (Lipinski definition) is 2. The van der Waals surface area contributed by atoms with Gasteiger partial charge in [0.2, 0.25) is 0 Å². The summed E-state index contributed by atoms with van der Waals surface area (Å²) in [7, 11) is 0. The van der Waals surface area contributed by atoms with Gasteiger partial charge in [-0.25, -0.2) is 0 Å². The third kappa shape index (κ3) is 16.4. The molecule has 0 saturated carbocycles. The van der Waals surface area contributed by atoms with Crippen LogP contribution in [0, 0.1) is 5.92 Å². The summed E-state index contributed by atoms with van der Waals surface area (Å²) in [5.41, 5.74) is 0. The highest BCUT2D eigenvalue weighted by molar-refractivity contribution is 4.53.